The van der Waals surface area contributed by atoms with Crippen molar-refractivity contribution in [2.24, 2.45) is 0 Å². The Morgan fingerprint density at radius 1 is 1.59 bits per heavy atom. The highest BCUT2D eigenvalue weighted by molar-refractivity contribution is 5.85. The van der Waals surface area contributed by atoms with E-state index in [1.807, 2.05) is 0 Å². The van der Waals surface area contributed by atoms with Gasteiger partial charge in [0.1, 0.15) is 0 Å². The van der Waals surface area contributed by atoms with Gasteiger partial charge in [-0.2, -0.15) is 0 Å². The van der Waals surface area contributed by atoms with Gasteiger partial charge in [0.15, 0.2) is 0 Å². The van der Waals surface area contributed by atoms with Crippen molar-refractivity contribution in [3.05, 3.63) is 11.6 Å². The molecule has 0 radical (unpaired) electrons. The predicted molar refractivity (Wildman–Crippen MR) is 69.2 cm³/mol. The van der Waals surface area contributed by atoms with Crippen LogP contribution in [0.2, 0.25) is 0 Å². The Hall–Kier alpha value is -0.870. The summed E-state index contributed by atoms with van der Waals surface area (Å²) in [6, 6.07) is 0.642. The van der Waals surface area contributed by atoms with E-state index in [0.29, 0.717) is 18.2 Å². The number of aliphatic carboxylic acids is 1. The van der Waals surface area contributed by atoms with E-state index in [2.05, 4.69) is 23.8 Å². The molecule has 1 unspecified atom stereocenters. The van der Waals surface area contributed by atoms with Gasteiger partial charge in [0, 0.05) is 24.7 Å². The number of hydrogen-bond donors (Lipinski definition) is 1. The molecule has 1 rings (SSSR count). The van der Waals surface area contributed by atoms with Gasteiger partial charge in [0.25, 0.3) is 0 Å². The molecule has 0 saturated carbocycles. The molecule has 1 fully saturated rings. The highest BCUT2D eigenvalue weighted by Crippen LogP contribution is 2.17. The van der Waals surface area contributed by atoms with E-state index in [1.54, 1.807) is 13.0 Å². The molecule has 1 N–H and O–H groups in total. The summed E-state index contributed by atoms with van der Waals surface area (Å²) in [5.41, 5.74) is 0.426. The normalized spacial score (nSPS) is 22.4. The van der Waals surface area contributed by atoms with E-state index >= 15 is 0 Å². The monoisotopic (exact) mass is 240 g/mol. The van der Waals surface area contributed by atoms with E-state index in [0.717, 1.165) is 13.1 Å². The lowest BCUT2D eigenvalue weighted by Crippen LogP contribution is -2.38. The van der Waals surface area contributed by atoms with Crippen molar-refractivity contribution >= 4 is 5.97 Å². The number of carboxylic acid groups (broad SMARTS) is 1. The number of carboxylic acids is 1. The van der Waals surface area contributed by atoms with Crippen molar-refractivity contribution in [2.75, 3.05) is 33.2 Å². The lowest BCUT2D eigenvalue weighted by Gasteiger charge is -2.27. The summed E-state index contributed by atoms with van der Waals surface area (Å²) in [4.78, 5) is 15.4. The van der Waals surface area contributed by atoms with E-state index in [-0.39, 0.29) is 0 Å². The number of carbonyl (C=O) groups is 1. The number of rotatable bonds is 6. The number of nitrogens with zero attached hydrogens (tertiary/aromatic N) is 2. The summed E-state index contributed by atoms with van der Waals surface area (Å²) in [5.74, 6) is -0.825. The van der Waals surface area contributed by atoms with Crippen molar-refractivity contribution in [3.8, 4) is 0 Å². The zero-order valence-electron chi connectivity index (χ0n) is 11.1. The summed E-state index contributed by atoms with van der Waals surface area (Å²) >= 11 is 0. The molecule has 0 aromatic rings. The summed E-state index contributed by atoms with van der Waals surface area (Å²) in [6.45, 7) is 7.90. The van der Waals surface area contributed by atoms with Gasteiger partial charge in [-0.1, -0.05) is 13.0 Å². The molecule has 0 amide bonds. The van der Waals surface area contributed by atoms with Gasteiger partial charge in [-0.05, 0) is 39.9 Å². The lowest BCUT2D eigenvalue weighted by molar-refractivity contribution is -0.132. The second kappa shape index (κ2) is 6.77. The van der Waals surface area contributed by atoms with Crippen molar-refractivity contribution in [1.82, 2.24) is 9.80 Å². The average molecular weight is 240 g/mol. The number of likely N-dealkylation sites (N-methyl/N-ethyl adjacent to an activating group) is 2. The zero-order chi connectivity index (χ0) is 12.8. The van der Waals surface area contributed by atoms with Crippen LogP contribution in [0, 0.1) is 0 Å². The molecular weight excluding hydrogens is 216 g/mol. The molecule has 1 saturated heterocycles. The fourth-order valence-corrected chi connectivity index (χ4v) is 2.33. The second-order valence-corrected chi connectivity index (χ2v) is 4.84. The standard InChI is InChI=1S/C13H24N2O2/c1-4-15-8-5-6-12(15)10-14(3)9-7-11(2)13(16)17/h7,12H,4-6,8-10H2,1-3H3,(H,16,17). The minimum absolute atomic E-state index is 0.426. The molecule has 0 spiro atoms. The van der Waals surface area contributed by atoms with Crippen LogP contribution in [0.4, 0.5) is 0 Å². The molecule has 0 aliphatic carbocycles. The quantitative estimate of drug-likeness (QED) is 0.713. The van der Waals surface area contributed by atoms with Gasteiger partial charge in [0.05, 0.1) is 0 Å². The molecule has 0 aromatic carbocycles. The van der Waals surface area contributed by atoms with Crippen molar-refractivity contribution in [2.45, 2.75) is 32.7 Å². The van der Waals surface area contributed by atoms with E-state index < -0.39 is 5.97 Å². The first-order valence-corrected chi connectivity index (χ1v) is 6.37. The van der Waals surface area contributed by atoms with Crippen LogP contribution in [0.5, 0.6) is 0 Å². The maximum absolute atomic E-state index is 10.7. The molecule has 1 atom stereocenters. The van der Waals surface area contributed by atoms with Crippen LogP contribution >= 0.6 is 0 Å². The molecule has 0 bridgehead atoms. The molecular formula is C13H24N2O2. The van der Waals surface area contributed by atoms with Gasteiger partial charge < -0.3 is 10.0 Å². The van der Waals surface area contributed by atoms with Crippen molar-refractivity contribution < 1.29 is 9.90 Å². The maximum atomic E-state index is 10.7. The Balaban J connectivity index is 2.36. The Morgan fingerprint density at radius 3 is 2.88 bits per heavy atom. The second-order valence-electron chi connectivity index (χ2n) is 4.84. The minimum Gasteiger partial charge on any atom is -0.478 e. The SMILES string of the molecule is CCN1CCCC1CN(C)CC=C(C)C(=O)O. The van der Waals surface area contributed by atoms with Gasteiger partial charge in [0.2, 0.25) is 0 Å². The van der Waals surface area contributed by atoms with E-state index in [9.17, 15) is 4.79 Å². The van der Waals surface area contributed by atoms with Crippen LogP contribution in [-0.2, 0) is 4.79 Å². The van der Waals surface area contributed by atoms with Crippen LogP contribution < -0.4 is 0 Å². The molecule has 1 aliphatic heterocycles. The largest absolute Gasteiger partial charge is 0.478 e. The van der Waals surface area contributed by atoms with Crippen molar-refractivity contribution in [1.29, 1.82) is 0 Å². The van der Waals surface area contributed by atoms with E-state index in [4.69, 9.17) is 5.11 Å². The van der Waals surface area contributed by atoms with E-state index in [1.165, 1.54) is 19.4 Å². The average Bonchev–Trinajstić information content (AvgIpc) is 2.72. The summed E-state index contributed by atoms with van der Waals surface area (Å²) in [6.07, 6.45) is 4.34. The van der Waals surface area contributed by atoms with Crippen LogP contribution in [0.1, 0.15) is 26.7 Å². The Labute approximate surface area is 104 Å². The third kappa shape index (κ3) is 4.48. The molecule has 1 heterocycles. The van der Waals surface area contributed by atoms with Crippen LogP contribution in [0.15, 0.2) is 11.6 Å². The summed E-state index contributed by atoms with van der Waals surface area (Å²) in [5, 5.41) is 8.76. The Kier molecular flexibility index (Phi) is 5.65. The number of likely N-dealkylation sites (tertiary alicyclic amines) is 1. The summed E-state index contributed by atoms with van der Waals surface area (Å²) in [7, 11) is 2.05. The smallest absolute Gasteiger partial charge is 0.330 e. The van der Waals surface area contributed by atoms with Crippen LogP contribution in [0.25, 0.3) is 0 Å². The topological polar surface area (TPSA) is 43.8 Å². The first-order chi connectivity index (χ1) is 8.04. The molecule has 4 nitrogen and oxygen atoms in total. The van der Waals surface area contributed by atoms with Gasteiger partial charge >= 0.3 is 5.97 Å². The van der Waals surface area contributed by atoms with Crippen molar-refractivity contribution in [3.63, 3.8) is 0 Å². The molecule has 4 heteroatoms. The Morgan fingerprint density at radius 2 is 2.29 bits per heavy atom. The Bertz CT molecular complexity index is 289. The lowest BCUT2D eigenvalue weighted by atomic mass is 10.2. The third-order valence-electron chi connectivity index (χ3n) is 3.47. The maximum Gasteiger partial charge on any atom is 0.330 e. The van der Waals surface area contributed by atoms with Gasteiger partial charge in [-0.15, -0.1) is 0 Å². The fraction of sp³-hybridized carbons (Fsp3) is 0.769. The van der Waals surface area contributed by atoms with Crippen LogP contribution in [-0.4, -0.2) is 60.1 Å². The van der Waals surface area contributed by atoms with Crippen LogP contribution in [0.3, 0.4) is 0 Å². The molecule has 98 valence electrons. The number of hydrogen-bond acceptors (Lipinski definition) is 3. The highest BCUT2D eigenvalue weighted by atomic mass is 16.4. The fourth-order valence-electron chi connectivity index (χ4n) is 2.33. The first kappa shape index (κ1) is 14.2. The molecule has 1 aliphatic rings. The van der Waals surface area contributed by atoms with Gasteiger partial charge in [-0.3, -0.25) is 4.90 Å². The third-order valence-corrected chi connectivity index (χ3v) is 3.47. The van der Waals surface area contributed by atoms with Gasteiger partial charge in [-0.25, -0.2) is 4.79 Å². The minimum atomic E-state index is -0.825. The predicted octanol–water partition coefficient (Wildman–Crippen LogP) is 1.43. The zero-order valence-corrected chi connectivity index (χ0v) is 11.1. The molecule has 0 aromatic heterocycles. The summed E-state index contributed by atoms with van der Waals surface area (Å²) < 4.78 is 0. The molecule has 17 heavy (non-hydrogen) atoms. The highest BCUT2D eigenvalue weighted by Gasteiger charge is 2.23. The first-order valence-electron chi connectivity index (χ1n) is 6.37.